The third-order valence-electron chi connectivity index (χ3n) is 13.2. The molecular weight excluding hydrogens is 894 g/mol. The number of allylic oxidation sites excluding steroid dienone is 6. The fourth-order valence-corrected chi connectivity index (χ4v) is 9.30. The van der Waals surface area contributed by atoms with E-state index >= 15 is 0 Å². The summed E-state index contributed by atoms with van der Waals surface area (Å²) in [6.45, 7) is 4.42. The van der Waals surface area contributed by atoms with Crippen LogP contribution >= 0.6 is 7.82 Å². The first-order chi connectivity index (χ1) is 34.0. The Hall–Kier alpha value is -1.77. The lowest BCUT2D eigenvalue weighted by Gasteiger charge is -2.24. The monoisotopic (exact) mass is 1010 g/mol. The number of hydrogen-bond acceptors (Lipinski definition) is 7. The normalized spacial score (nSPS) is 13.5. The van der Waals surface area contributed by atoms with Crippen LogP contribution in [0.4, 0.5) is 0 Å². The van der Waals surface area contributed by atoms with Gasteiger partial charge in [0.2, 0.25) is 0 Å². The largest absolute Gasteiger partial charge is 0.472 e. The molecule has 1 N–H and O–H groups in total. The Bertz CT molecular complexity index is 1280. The fourth-order valence-electron chi connectivity index (χ4n) is 8.55. The van der Waals surface area contributed by atoms with Crippen LogP contribution in [-0.2, 0) is 32.7 Å². The molecule has 412 valence electrons. The van der Waals surface area contributed by atoms with Gasteiger partial charge in [0.15, 0.2) is 6.10 Å². The summed E-state index contributed by atoms with van der Waals surface area (Å²) in [7, 11) is 1.49. The van der Waals surface area contributed by atoms with E-state index in [1.165, 1.54) is 205 Å². The minimum atomic E-state index is -4.37. The van der Waals surface area contributed by atoms with E-state index in [1.54, 1.807) is 0 Å². The Labute approximate surface area is 433 Å². The van der Waals surface area contributed by atoms with E-state index < -0.39 is 26.5 Å². The molecular formula is C60H115NO8P+. The van der Waals surface area contributed by atoms with Gasteiger partial charge in [-0.15, -0.1) is 0 Å². The van der Waals surface area contributed by atoms with E-state index in [9.17, 15) is 19.0 Å². The van der Waals surface area contributed by atoms with Crippen LogP contribution in [-0.4, -0.2) is 74.9 Å². The van der Waals surface area contributed by atoms with Crippen LogP contribution in [0.3, 0.4) is 0 Å². The summed E-state index contributed by atoms with van der Waals surface area (Å²) in [5, 5.41) is 0. The summed E-state index contributed by atoms with van der Waals surface area (Å²) in [5.41, 5.74) is 0. The Kier molecular flexibility index (Phi) is 50.8. The summed E-state index contributed by atoms with van der Waals surface area (Å²) in [5.74, 6) is -0.788. The van der Waals surface area contributed by atoms with Gasteiger partial charge in [0.1, 0.15) is 19.8 Å². The summed E-state index contributed by atoms with van der Waals surface area (Å²) < 4.78 is 34.4. The quantitative estimate of drug-likeness (QED) is 0.0211. The first-order valence-corrected chi connectivity index (χ1v) is 31.2. The van der Waals surface area contributed by atoms with Gasteiger partial charge in [0.25, 0.3) is 0 Å². The molecule has 70 heavy (non-hydrogen) atoms. The van der Waals surface area contributed by atoms with Gasteiger partial charge in [-0.1, -0.05) is 256 Å². The molecule has 0 bridgehead atoms. The van der Waals surface area contributed by atoms with Crippen LogP contribution in [0.5, 0.6) is 0 Å². The van der Waals surface area contributed by atoms with Gasteiger partial charge in [0.05, 0.1) is 27.7 Å². The number of carbonyl (C=O) groups is 2. The van der Waals surface area contributed by atoms with Crippen molar-refractivity contribution in [2.24, 2.45) is 0 Å². The minimum absolute atomic E-state index is 0.0347. The molecule has 0 aliphatic rings. The summed E-state index contributed by atoms with van der Waals surface area (Å²) >= 11 is 0. The number of nitrogens with zero attached hydrogens (tertiary/aromatic N) is 1. The van der Waals surface area contributed by atoms with Crippen molar-refractivity contribution in [3.8, 4) is 0 Å². The number of unbranched alkanes of at least 4 members (excludes halogenated alkanes) is 35. The Morgan fingerprint density at radius 2 is 0.771 bits per heavy atom. The van der Waals surface area contributed by atoms with E-state index in [1.807, 2.05) is 21.1 Å². The van der Waals surface area contributed by atoms with Crippen molar-refractivity contribution in [1.82, 2.24) is 0 Å². The van der Waals surface area contributed by atoms with Crippen LogP contribution in [0.15, 0.2) is 36.5 Å². The molecule has 0 spiro atoms. The number of phosphoric ester groups is 1. The molecule has 10 heteroatoms. The van der Waals surface area contributed by atoms with Gasteiger partial charge < -0.3 is 18.9 Å². The molecule has 0 rings (SSSR count). The van der Waals surface area contributed by atoms with Gasteiger partial charge in [0, 0.05) is 12.8 Å². The Morgan fingerprint density at radius 1 is 0.443 bits per heavy atom. The first-order valence-electron chi connectivity index (χ1n) is 29.7. The van der Waals surface area contributed by atoms with Crippen molar-refractivity contribution in [1.29, 1.82) is 0 Å². The maximum Gasteiger partial charge on any atom is 0.472 e. The average molecular weight is 1010 g/mol. The Morgan fingerprint density at radius 3 is 1.14 bits per heavy atom. The number of ether oxygens (including phenoxy) is 2. The van der Waals surface area contributed by atoms with Crippen molar-refractivity contribution in [2.75, 3.05) is 47.5 Å². The molecule has 0 heterocycles. The van der Waals surface area contributed by atoms with E-state index in [2.05, 4.69) is 50.3 Å². The highest BCUT2D eigenvalue weighted by Crippen LogP contribution is 2.43. The molecule has 0 aromatic carbocycles. The zero-order valence-electron chi connectivity index (χ0n) is 46.8. The lowest BCUT2D eigenvalue weighted by Crippen LogP contribution is -2.37. The number of hydrogen-bond donors (Lipinski definition) is 1. The molecule has 0 aromatic heterocycles. The zero-order valence-corrected chi connectivity index (χ0v) is 47.7. The van der Waals surface area contributed by atoms with E-state index in [4.69, 9.17) is 18.5 Å². The predicted molar refractivity (Wildman–Crippen MR) is 298 cm³/mol. The molecule has 0 amide bonds. The van der Waals surface area contributed by atoms with Crippen LogP contribution in [0.25, 0.3) is 0 Å². The number of rotatable bonds is 55. The van der Waals surface area contributed by atoms with Gasteiger partial charge >= 0.3 is 19.8 Å². The molecule has 2 atom stereocenters. The summed E-state index contributed by atoms with van der Waals surface area (Å²) in [6, 6.07) is 0. The number of esters is 2. The molecule has 0 aromatic rings. The number of phosphoric acid groups is 1. The van der Waals surface area contributed by atoms with Gasteiger partial charge in [-0.2, -0.15) is 0 Å². The summed E-state index contributed by atoms with van der Waals surface area (Å²) in [6.07, 6.45) is 64.0. The maximum absolute atomic E-state index is 12.8. The number of likely N-dealkylation sites (N-methyl/N-ethyl adjacent to an activating group) is 1. The fraction of sp³-hybridized carbons (Fsp3) is 0.867. The van der Waals surface area contributed by atoms with E-state index in [-0.39, 0.29) is 25.6 Å². The molecule has 9 nitrogen and oxygen atoms in total. The highest BCUT2D eigenvalue weighted by molar-refractivity contribution is 7.47. The van der Waals surface area contributed by atoms with Gasteiger partial charge in [-0.25, -0.2) is 4.57 Å². The molecule has 0 radical (unpaired) electrons. The van der Waals surface area contributed by atoms with Crippen LogP contribution in [0.2, 0.25) is 0 Å². The van der Waals surface area contributed by atoms with Crippen molar-refractivity contribution in [2.45, 2.75) is 290 Å². The highest BCUT2D eigenvalue weighted by atomic mass is 31.2. The van der Waals surface area contributed by atoms with Crippen molar-refractivity contribution in [3.63, 3.8) is 0 Å². The number of carbonyl (C=O) groups excluding carboxylic acids is 2. The molecule has 0 fully saturated rings. The highest BCUT2D eigenvalue weighted by Gasteiger charge is 2.27. The molecule has 0 saturated carbocycles. The van der Waals surface area contributed by atoms with Gasteiger partial charge in [-0.3, -0.25) is 18.6 Å². The lowest BCUT2D eigenvalue weighted by molar-refractivity contribution is -0.870. The third kappa shape index (κ3) is 55.5. The predicted octanol–water partition coefficient (Wildman–Crippen LogP) is 18.4. The first kappa shape index (κ1) is 68.2. The SMILES string of the molecule is CCCCCCC/C=C\C/C=C\C/C=C\CCCCCCCCCCCCCCCCCCCCCCCCC(=O)OC(COC(=O)CCCCCCCCCCC)COP(=O)(O)OCC[N+](C)(C)C. The second-order valence-corrected chi connectivity index (χ2v) is 22.8. The van der Waals surface area contributed by atoms with Crippen molar-refractivity contribution >= 4 is 19.8 Å². The zero-order chi connectivity index (χ0) is 51.3. The standard InChI is InChI=1S/C60H114NO8P/c1-6-8-10-12-14-16-17-18-19-20-21-22-23-24-25-26-27-28-29-30-31-32-33-34-35-36-37-38-39-40-41-42-43-45-47-49-51-53-60(63)69-58(57-68-70(64,65)67-55-54-61(3,4)5)56-66-59(62)52-50-48-46-44-15-13-11-9-7-2/h17-18,20-21,23-24,58H,6-16,19,22,25-57H2,1-5H3/p+1/b18-17-,21-20-,24-23-. The van der Waals surface area contributed by atoms with Crippen LogP contribution in [0, 0.1) is 0 Å². The summed E-state index contributed by atoms with van der Waals surface area (Å²) in [4.78, 5) is 35.4. The van der Waals surface area contributed by atoms with Crippen molar-refractivity contribution < 1.29 is 42.1 Å². The second kappa shape index (κ2) is 52.1. The minimum Gasteiger partial charge on any atom is -0.462 e. The molecule has 0 aliphatic carbocycles. The Balaban J connectivity index is 3.85. The van der Waals surface area contributed by atoms with Crippen molar-refractivity contribution in [3.05, 3.63) is 36.5 Å². The smallest absolute Gasteiger partial charge is 0.462 e. The lowest BCUT2D eigenvalue weighted by atomic mass is 10.0. The van der Waals surface area contributed by atoms with E-state index in [0.29, 0.717) is 23.9 Å². The van der Waals surface area contributed by atoms with Crippen LogP contribution < -0.4 is 0 Å². The third-order valence-corrected chi connectivity index (χ3v) is 14.2. The maximum atomic E-state index is 12.8. The van der Waals surface area contributed by atoms with Crippen LogP contribution in [0.1, 0.15) is 284 Å². The van der Waals surface area contributed by atoms with E-state index in [0.717, 1.165) is 44.9 Å². The second-order valence-electron chi connectivity index (χ2n) is 21.4. The molecule has 0 saturated heterocycles. The molecule has 2 unspecified atom stereocenters. The number of quaternary nitrogens is 1. The van der Waals surface area contributed by atoms with Gasteiger partial charge in [-0.05, 0) is 51.4 Å². The average Bonchev–Trinajstić information content (AvgIpc) is 3.32. The topological polar surface area (TPSA) is 108 Å². The molecule has 0 aliphatic heterocycles.